The molecule has 1 amide bonds. The van der Waals surface area contributed by atoms with Crippen LogP contribution < -0.4 is 19.5 Å². The molecule has 0 radical (unpaired) electrons. The van der Waals surface area contributed by atoms with E-state index in [1.54, 1.807) is 14.2 Å². The standard InChI is InChI=1S/C36H37BrN2O6/c1-42-30-12-7-11-27(23-30)33-36(24-28-10-3-5-13-31(28)37,35(41)38-20-19-25-9-4-6-14-32(25)43-2)39-34(45-33)26-15-17-29(18-16-26)44-22-8-21-40/h3-7,9-18,23,33,40H,8,19-22,24H2,1-2H3,(H,38,41)/t33-,36-/m1/s1. The molecule has 0 fully saturated rings. The number of hydrogen-bond acceptors (Lipinski definition) is 7. The lowest BCUT2D eigenvalue weighted by atomic mass is 9.82. The third kappa shape index (κ3) is 7.49. The summed E-state index contributed by atoms with van der Waals surface area (Å²) in [6.07, 6.45) is 0.660. The van der Waals surface area contributed by atoms with Crippen molar-refractivity contribution in [3.63, 3.8) is 0 Å². The zero-order valence-corrected chi connectivity index (χ0v) is 27.0. The first kappa shape index (κ1) is 32.1. The number of carbonyl (C=O) groups is 1. The summed E-state index contributed by atoms with van der Waals surface area (Å²) in [5, 5.41) is 12.2. The molecule has 0 saturated heterocycles. The van der Waals surface area contributed by atoms with Gasteiger partial charge in [0.05, 0.1) is 20.8 Å². The maximum absolute atomic E-state index is 14.5. The molecule has 4 aromatic carbocycles. The molecule has 1 aliphatic heterocycles. The van der Waals surface area contributed by atoms with Crippen LogP contribution in [-0.4, -0.2) is 56.4 Å². The topological polar surface area (TPSA) is 98.6 Å². The Morgan fingerprint density at radius 2 is 1.69 bits per heavy atom. The average molecular weight is 674 g/mol. The van der Waals surface area contributed by atoms with Gasteiger partial charge in [0.2, 0.25) is 5.90 Å². The summed E-state index contributed by atoms with van der Waals surface area (Å²) in [6, 6.07) is 30.6. The number of aliphatic imine (C=N–C) groups is 1. The molecule has 1 aliphatic rings. The monoisotopic (exact) mass is 672 g/mol. The van der Waals surface area contributed by atoms with Gasteiger partial charge in [-0.1, -0.05) is 64.5 Å². The first-order valence-electron chi connectivity index (χ1n) is 14.9. The Balaban J connectivity index is 1.54. The number of rotatable bonds is 14. The van der Waals surface area contributed by atoms with Crippen LogP contribution in [0.3, 0.4) is 0 Å². The Kier molecular flexibility index (Phi) is 10.8. The van der Waals surface area contributed by atoms with Crippen molar-refractivity contribution in [3.8, 4) is 17.2 Å². The number of nitrogens with one attached hydrogen (secondary N) is 1. The number of amides is 1. The maximum Gasteiger partial charge on any atom is 0.252 e. The molecule has 0 unspecified atom stereocenters. The van der Waals surface area contributed by atoms with Crippen molar-refractivity contribution >= 4 is 27.7 Å². The van der Waals surface area contributed by atoms with E-state index in [1.807, 2.05) is 97.1 Å². The van der Waals surface area contributed by atoms with Crippen molar-refractivity contribution in [2.75, 3.05) is 34.0 Å². The molecular formula is C36H37BrN2O6. The van der Waals surface area contributed by atoms with E-state index in [0.29, 0.717) is 49.0 Å². The zero-order valence-electron chi connectivity index (χ0n) is 25.4. The second-order valence-corrected chi connectivity index (χ2v) is 11.5. The zero-order chi connectivity index (χ0) is 31.6. The quantitative estimate of drug-likeness (QED) is 0.158. The number of ether oxygens (including phenoxy) is 4. The summed E-state index contributed by atoms with van der Waals surface area (Å²) in [7, 11) is 3.25. The predicted molar refractivity (Wildman–Crippen MR) is 177 cm³/mol. The minimum Gasteiger partial charge on any atom is -0.497 e. The van der Waals surface area contributed by atoms with Crippen LogP contribution in [0.2, 0.25) is 0 Å². The summed E-state index contributed by atoms with van der Waals surface area (Å²) in [4.78, 5) is 19.7. The van der Waals surface area contributed by atoms with Crippen molar-refractivity contribution in [1.29, 1.82) is 0 Å². The van der Waals surface area contributed by atoms with E-state index in [9.17, 15) is 4.79 Å². The Hall–Kier alpha value is -4.34. The Bertz CT molecular complexity index is 1630. The summed E-state index contributed by atoms with van der Waals surface area (Å²) in [6.45, 7) is 0.858. The molecule has 0 bridgehead atoms. The number of methoxy groups -OCH3 is 2. The van der Waals surface area contributed by atoms with Gasteiger partial charge < -0.3 is 29.4 Å². The molecule has 1 heterocycles. The van der Waals surface area contributed by atoms with Gasteiger partial charge in [-0.2, -0.15) is 0 Å². The van der Waals surface area contributed by atoms with Crippen LogP contribution in [0.4, 0.5) is 0 Å². The van der Waals surface area contributed by atoms with Crippen molar-refractivity contribution in [3.05, 3.63) is 124 Å². The smallest absolute Gasteiger partial charge is 0.252 e. The predicted octanol–water partition coefficient (Wildman–Crippen LogP) is 6.09. The average Bonchev–Trinajstić information content (AvgIpc) is 3.47. The number of aliphatic hydroxyl groups excluding tert-OH is 1. The van der Waals surface area contributed by atoms with Crippen LogP contribution in [0.25, 0.3) is 0 Å². The molecule has 8 nitrogen and oxygen atoms in total. The van der Waals surface area contributed by atoms with Gasteiger partial charge in [0.1, 0.15) is 17.2 Å². The molecule has 0 aromatic heterocycles. The molecule has 4 aromatic rings. The first-order valence-corrected chi connectivity index (χ1v) is 15.6. The van der Waals surface area contributed by atoms with Crippen LogP contribution in [0.15, 0.2) is 107 Å². The summed E-state index contributed by atoms with van der Waals surface area (Å²) in [5.41, 5.74) is 2.06. The first-order chi connectivity index (χ1) is 22.0. The third-order valence-corrected chi connectivity index (χ3v) is 8.49. The molecule has 0 spiro atoms. The van der Waals surface area contributed by atoms with Crippen molar-refractivity contribution < 1.29 is 28.8 Å². The van der Waals surface area contributed by atoms with Gasteiger partial charge in [-0.15, -0.1) is 0 Å². The fourth-order valence-electron chi connectivity index (χ4n) is 5.39. The minimum absolute atomic E-state index is 0.0644. The van der Waals surface area contributed by atoms with Gasteiger partial charge in [0.15, 0.2) is 11.6 Å². The van der Waals surface area contributed by atoms with E-state index in [0.717, 1.165) is 26.9 Å². The number of nitrogens with zero attached hydrogens (tertiary/aromatic N) is 1. The fourth-order valence-corrected chi connectivity index (χ4v) is 5.82. The highest BCUT2D eigenvalue weighted by Gasteiger charge is 2.53. The Morgan fingerprint density at radius 3 is 2.42 bits per heavy atom. The van der Waals surface area contributed by atoms with Crippen LogP contribution in [0.1, 0.15) is 34.8 Å². The number of hydrogen-bond donors (Lipinski definition) is 2. The minimum atomic E-state index is -1.34. The second-order valence-electron chi connectivity index (χ2n) is 10.7. The van der Waals surface area contributed by atoms with E-state index in [2.05, 4.69) is 21.2 Å². The van der Waals surface area contributed by atoms with E-state index in [-0.39, 0.29) is 18.9 Å². The SMILES string of the molecule is COc1cccc([C@H]2OC(c3ccc(OCCCO)cc3)=N[C@@]2(Cc2ccccc2Br)C(=O)NCCc2ccccc2OC)c1. The van der Waals surface area contributed by atoms with Gasteiger partial charge >= 0.3 is 0 Å². The molecule has 0 saturated carbocycles. The molecule has 234 valence electrons. The van der Waals surface area contributed by atoms with Crippen molar-refractivity contribution in [2.45, 2.75) is 30.9 Å². The summed E-state index contributed by atoms with van der Waals surface area (Å²) in [5.74, 6) is 2.21. The van der Waals surface area contributed by atoms with Crippen molar-refractivity contribution in [1.82, 2.24) is 5.32 Å². The largest absolute Gasteiger partial charge is 0.497 e. The lowest BCUT2D eigenvalue weighted by molar-refractivity contribution is -0.128. The molecule has 9 heteroatoms. The second kappa shape index (κ2) is 15.1. The normalized spacial score (nSPS) is 17.2. The summed E-state index contributed by atoms with van der Waals surface area (Å²) >= 11 is 3.68. The highest BCUT2D eigenvalue weighted by atomic mass is 79.9. The fraction of sp³-hybridized carbons (Fsp3) is 0.278. The molecular weight excluding hydrogens is 636 g/mol. The van der Waals surface area contributed by atoms with Crippen LogP contribution in [-0.2, 0) is 22.4 Å². The number of para-hydroxylation sites is 1. The van der Waals surface area contributed by atoms with Crippen LogP contribution >= 0.6 is 15.9 Å². The van der Waals surface area contributed by atoms with E-state index >= 15 is 0 Å². The molecule has 2 N–H and O–H groups in total. The van der Waals surface area contributed by atoms with Crippen LogP contribution in [0, 0.1) is 0 Å². The maximum atomic E-state index is 14.5. The molecule has 0 aliphatic carbocycles. The number of benzene rings is 4. The van der Waals surface area contributed by atoms with E-state index in [1.165, 1.54) is 0 Å². The van der Waals surface area contributed by atoms with E-state index in [4.69, 9.17) is 29.0 Å². The highest BCUT2D eigenvalue weighted by molar-refractivity contribution is 9.10. The highest BCUT2D eigenvalue weighted by Crippen LogP contribution is 2.44. The van der Waals surface area contributed by atoms with Gasteiger partial charge in [-0.05, 0) is 71.6 Å². The van der Waals surface area contributed by atoms with Crippen LogP contribution in [0.5, 0.6) is 17.2 Å². The van der Waals surface area contributed by atoms with E-state index < -0.39 is 11.6 Å². The molecule has 2 atom stereocenters. The Labute approximate surface area is 272 Å². The van der Waals surface area contributed by atoms with Gasteiger partial charge in [0.25, 0.3) is 5.91 Å². The van der Waals surface area contributed by atoms with Gasteiger partial charge in [0, 0.05) is 36.0 Å². The Morgan fingerprint density at radius 1 is 0.933 bits per heavy atom. The lowest BCUT2D eigenvalue weighted by Gasteiger charge is -2.31. The van der Waals surface area contributed by atoms with Gasteiger partial charge in [-0.25, -0.2) is 4.99 Å². The number of aliphatic hydroxyl groups is 1. The number of halogens is 1. The lowest BCUT2D eigenvalue weighted by Crippen LogP contribution is -2.50. The molecule has 45 heavy (non-hydrogen) atoms. The third-order valence-electron chi connectivity index (χ3n) is 7.72. The number of carbonyl (C=O) groups excluding carboxylic acids is 1. The summed E-state index contributed by atoms with van der Waals surface area (Å²) < 4.78 is 24.3. The molecule has 5 rings (SSSR count). The van der Waals surface area contributed by atoms with Gasteiger partial charge in [-0.3, -0.25) is 4.79 Å². The van der Waals surface area contributed by atoms with Crippen molar-refractivity contribution in [2.24, 2.45) is 4.99 Å².